The fraction of sp³-hybridized carbons (Fsp3) is 0.696. The first-order valence-electron chi connectivity index (χ1n) is 11.3. The summed E-state index contributed by atoms with van der Waals surface area (Å²) in [5.41, 5.74) is 1.30. The normalized spacial score (nSPS) is 22.3. The minimum atomic E-state index is -3.15. The number of rotatable bonds is 3. The smallest absolute Gasteiger partial charge is 0.223 e. The number of hydrogen-bond acceptors (Lipinski definition) is 5. The summed E-state index contributed by atoms with van der Waals surface area (Å²) in [5.74, 6) is 0.644. The van der Waals surface area contributed by atoms with E-state index in [1.165, 1.54) is 44.0 Å². The van der Waals surface area contributed by atoms with Crippen LogP contribution in [0.25, 0.3) is 0 Å². The lowest BCUT2D eigenvalue weighted by Crippen LogP contribution is -2.41. The average molecular weight is 437 g/mol. The molecule has 2 aliphatic heterocycles. The van der Waals surface area contributed by atoms with Gasteiger partial charge in [-0.15, -0.1) is 0 Å². The zero-order chi connectivity index (χ0) is 21.4. The lowest BCUT2D eigenvalue weighted by molar-refractivity contribution is -0.131. The summed E-state index contributed by atoms with van der Waals surface area (Å²) in [6.45, 7) is 3.81. The second kappa shape index (κ2) is 11.1. The SMILES string of the molecule is CS(=O)(=O)CCC(=O)N1CCCCN2CCCCC2CCc2cccc(c2)OCC1. The van der Waals surface area contributed by atoms with E-state index in [9.17, 15) is 13.2 Å². The van der Waals surface area contributed by atoms with Crippen molar-refractivity contribution in [3.8, 4) is 5.75 Å². The molecule has 2 heterocycles. The van der Waals surface area contributed by atoms with Gasteiger partial charge in [0.25, 0.3) is 0 Å². The lowest BCUT2D eigenvalue weighted by Gasteiger charge is -2.36. The van der Waals surface area contributed by atoms with Gasteiger partial charge in [-0.05, 0) is 69.3 Å². The largest absolute Gasteiger partial charge is 0.492 e. The molecule has 1 aromatic carbocycles. The maximum atomic E-state index is 12.6. The molecule has 7 heteroatoms. The summed E-state index contributed by atoms with van der Waals surface area (Å²) in [4.78, 5) is 17.1. The van der Waals surface area contributed by atoms with Gasteiger partial charge in [0.1, 0.15) is 22.2 Å². The number of benzene rings is 1. The van der Waals surface area contributed by atoms with E-state index in [1.807, 2.05) is 12.1 Å². The maximum Gasteiger partial charge on any atom is 0.223 e. The van der Waals surface area contributed by atoms with Crippen LogP contribution in [0.5, 0.6) is 5.75 Å². The molecule has 0 aliphatic carbocycles. The van der Waals surface area contributed by atoms with Crippen LogP contribution in [0, 0.1) is 0 Å². The van der Waals surface area contributed by atoms with Gasteiger partial charge in [-0.3, -0.25) is 4.79 Å². The number of hydrogen-bond donors (Lipinski definition) is 0. The molecule has 0 saturated carbocycles. The first kappa shape index (κ1) is 23.1. The molecule has 0 N–H and O–H groups in total. The number of nitrogens with zero attached hydrogens (tertiary/aromatic N) is 2. The van der Waals surface area contributed by atoms with Gasteiger partial charge in [0, 0.05) is 25.3 Å². The highest BCUT2D eigenvalue weighted by Crippen LogP contribution is 2.23. The predicted octanol–water partition coefficient (Wildman–Crippen LogP) is 2.91. The molecule has 6 nitrogen and oxygen atoms in total. The molecule has 0 aromatic heterocycles. The van der Waals surface area contributed by atoms with E-state index < -0.39 is 9.84 Å². The van der Waals surface area contributed by atoms with Crippen molar-refractivity contribution in [2.75, 3.05) is 44.8 Å². The van der Waals surface area contributed by atoms with E-state index in [0.717, 1.165) is 31.6 Å². The van der Waals surface area contributed by atoms with Gasteiger partial charge in [-0.25, -0.2) is 8.42 Å². The van der Waals surface area contributed by atoms with Gasteiger partial charge in [0.2, 0.25) is 5.91 Å². The van der Waals surface area contributed by atoms with Gasteiger partial charge < -0.3 is 14.5 Å². The standard InChI is InChI=1S/C23H36N2O4S/c1-30(27,28)18-12-23(26)25-15-5-4-14-24-13-3-2-8-21(24)11-10-20-7-6-9-22(19-20)29-17-16-25/h6-7,9,19,21H,2-5,8,10-18H2,1H3. The maximum absolute atomic E-state index is 12.6. The zero-order valence-corrected chi connectivity index (χ0v) is 19.0. The molecule has 30 heavy (non-hydrogen) atoms. The zero-order valence-electron chi connectivity index (χ0n) is 18.2. The highest BCUT2D eigenvalue weighted by Gasteiger charge is 2.22. The summed E-state index contributed by atoms with van der Waals surface area (Å²) < 4.78 is 28.9. The van der Waals surface area contributed by atoms with Gasteiger partial charge >= 0.3 is 0 Å². The molecule has 2 bridgehead atoms. The Kier molecular flexibility index (Phi) is 8.57. The van der Waals surface area contributed by atoms with Crippen LogP contribution in [0.1, 0.15) is 50.5 Å². The van der Waals surface area contributed by atoms with Crippen LogP contribution in [-0.4, -0.2) is 75.0 Å². The minimum absolute atomic E-state index is 0.0442. The Morgan fingerprint density at radius 1 is 1.07 bits per heavy atom. The van der Waals surface area contributed by atoms with Crippen molar-refractivity contribution < 1.29 is 17.9 Å². The fourth-order valence-corrected chi connectivity index (χ4v) is 5.03. The molecule has 168 valence electrons. The summed E-state index contributed by atoms with van der Waals surface area (Å²) in [7, 11) is -3.15. The van der Waals surface area contributed by atoms with E-state index in [0.29, 0.717) is 25.7 Å². The minimum Gasteiger partial charge on any atom is -0.492 e. The lowest BCUT2D eigenvalue weighted by atomic mass is 9.95. The molecule has 0 radical (unpaired) electrons. The number of carbonyl (C=O) groups is 1. The number of ether oxygens (including phenoxy) is 1. The Morgan fingerprint density at radius 3 is 2.63 bits per heavy atom. The Balaban J connectivity index is 1.67. The van der Waals surface area contributed by atoms with Crippen LogP contribution in [-0.2, 0) is 21.1 Å². The molecule has 1 fully saturated rings. The third kappa shape index (κ3) is 7.58. The molecular formula is C23H36N2O4S. The van der Waals surface area contributed by atoms with Crippen molar-refractivity contribution in [2.45, 2.75) is 57.4 Å². The van der Waals surface area contributed by atoms with E-state index in [1.54, 1.807) is 4.90 Å². The summed E-state index contributed by atoms with van der Waals surface area (Å²) in [6.07, 6.45) is 9.31. The molecular weight excluding hydrogens is 400 g/mol. The summed E-state index contributed by atoms with van der Waals surface area (Å²) >= 11 is 0. The summed E-state index contributed by atoms with van der Waals surface area (Å²) in [6, 6.07) is 8.92. The molecule has 3 rings (SSSR count). The van der Waals surface area contributed by atoms with Crippen LogP contribution in [0.15, 0.2) is 24.3 Å². The van der Waals surface area contributed by atoms with E-state index in [2.05, 4.69) is 17.0 Å². The van der Waals surface area contributed by atoms with Gasteiger partial charge in [0.05, 0.1) is 12.3 Å². The number of fused-ring (bicyclic) bond motifs is 3. The van der Waals surface area contributed by atoms with Crippen LogP contribution >= 0.6 is 0 Å². The Hall–Kier alpha value is -1.60. The predicted molar refractivity (Wildman–Crippen MR) is 120 cm³/mol. The van der Waals surface area contributed by atoms with Crippen molar-refractivity contribution in [1.82, 2.24) is 9.80 Å². The Labute approximate surface area is 181 Å². The molecule has 1 amide bonds. The molecule has 1 atom stereocenters. The van der Waals surface area contributed by atoms with Crippen molar-refractivity contribution >= 4 is 15.7 Å². The number of aryl methyl sites for hydroxylation is 1. The van der Waals surface area contributed by atoms with Crippen LogP contribution in [0.3, 0.4) is 0 Å². The van der Waals surface area contributed by atoms with Crippen molar-refractivity contribution in [3.63, 3.8) is 0 Å². The second-order valence-corrected chi connectivity index (χ2v) is 10.9. The highest BCUT2D eigenvalue weighted by molar-refractivity contribution is 7.90. The number of piperidine rings is 1. The topological polar surface area (TPSA) is 66.9 Å². The molecule has 2 aliphatic rings. The highest BCUT2D eigenvalue weighted by atomic mass is 32.2. The second-order valence-electron chi connectivity index (χ2n) is 8.69. The average Bonchev–Trinajstić information content (AvgIpc) is 2.72. The van der Waals surface area contributed by atoms with Gasteiger partial charge in [-0.1, -0.05) is 18.6 Å². The monoisotopic (exact) mass is 436 g/mol. The number of amides is 1. The fourth-order valence-electron chi connectivity index (χ4n) is 4.49. The third-order valence-electron chi connectivity index (χ3n) is 6.21. The van der Waals surface area contributed by atoms with Gasteiger partial charge in [0.15, 0.2) is 0 Å². The Morgan fingerprint density at radius 2 is 1.83 bits per heavy atom. The first-order valence-corrected chi connectivity index (χ1v) is 13.4. The van der Waals surface area contributed by atoms with Crippen molar-refractivity contribution in [1.29, 1.82) is 0 Å². The van der Waals surface area contributed by atoms with Crippen molar-refractivity contribution in [3.05, 3.63) is 29.8 Å². The van der Waals surface area contributed by atoms with E-state index in [4.69, 9.17) is 4.74 Å². The first-order chi connectivity index (χ1) is 14.4. The molecule has 1 saturated heterocycles. The number of carbonyl (C=O) groups excluding carboxylic acids is 1. The van der Waals surface area contributed by atoms with Crippen LogP contribution in [0.4, 0.5) is 0 Å². The van der Waals surface area contributed by atoms with Gasteiger partial charge in [-0.2, -0.15) is 0 Å². The molecule has 1 unspecified atom stereocenters. The molecule has 1 aromatic rings. The third-order valence-corrected chi connectivity index (χ3v) is 7.15. The summed E-state index contributed by atoms with van der Waals surface area (Å²) in [5, 5.41) is 0. The molecule has 0 spiro atoms. The van der Waals surface area contributed by atoms with Crippen LogP contribution < -0.4 is 4.74 Å². The number of sulfone groups is 1. The van der Waals surface area contributed by atoms with Crippen LogP contribution in [0.2, 0.25) is 0 Å². The quantitative estimate of drug-likeness (QED) is 0.729. The Bertz CT molecular complexity index is 796. The van der Waals surface area contributed by atoms with E-state index in [-0.39, 0.29) is 18.1 Å². The van der Waals surface area contributed by atoms with Crippen molar-refractivity contribution in [2.24, 2.45) is 0 Å². The van der Waals surface area contributed by atoms with E-state index >= 15 is 0 Å².